The molecule has 17 heavy (non-hydrogen) atoms. The molecule has 0 unspecified atom stereocenters. The monoisotopic (exact) mass is 232 g/mol. The average Bonchev–Trinajstić information content (AvgIpc) is 2.73. The Morgan fingerprint density at radius 1 is 1.41 bits per heavy atom. The zero-order chi connectivity index (χ0) is 12.4. The van der Waals surface area contributed by atoms with Crippen molar-refractivity contribution >= 4 is 5.78 Å². The number of carbonyl (C=O) groups is 1. The number of aromatic nitrogens is 2. The van der Waals surface area contributed by atoms with E-state index in [2.05, 4.69) is 5.10 Å². The zero-order valence-corrected chi connectivity index (χ0v) is 9.77. The predicted molar refractivity (Wildman–Crippen MR) is 63.3 cm³/mol. The molecular weight excluding hydrogens is 219 g/mol. The van der Waals surface area contributed by atoms with Crippen molar-refractivity contribution in [3.05, 3.63) is 41.8 Å². The molecule has 0 fully saturated rings. The lowest BCUT2D eigenvalue weighted by atomic mass is 10.1. The molecule has 0 spiro atoms. The van der Waals surface area contributed by atoms with Gasteiger partial charge in [0.1, 0.15) is 11.5 Å². The highest BCUT2D eigenvalue weighted by Gasteiger charge is 2.11. The number of Topliss-reactive ketones (excluding diaryl/α,β-unsaturated/α-hetero) is 1. The van der Waals surface area contributed by atoms with Crippen LogP contribution in [0.25, 0.3) is 11.3 Å². The molecule has 0 saturated heterocycles. The minimum absolute atomic E-state index is 0.0881. The van der Waals surface area contributed by atoms with Crippen molar-refractivity contribution in [2.45, 2.75) is 20.4 Å². The van der Waals surface area contributed by atoms with E-state index in [4.69, 9.17) is 0 Å². The molecule has 0 saturated carbocycles. The lowest BCUT2D eigenvalue weighted by Gasteiger charge is -2.04. The summed E-state index contributed by atoms with van der Waals surface area (Å²) in [6.45, 7) is 4.04. The number of ketones is 1. The molecule has 4 heteroatoms. The molecular formula is C13H13FN2O. The third-order valence-electron chi connectivity index (χ3n) is 2.56. The number of halogens is 1. The highest BCUT2D eigenvalue weighted by atomic mass is 19.1. The van der Waals surface area contributed by atoms with Crippen LogP contribution in [-0.4, -0.2) is 15.6 Å². The van der Waals surface area contributed by atoms with Gasteiger partial charge in [0.25, 0.3) is 0 Å². The van der Waals surface area contributed by atoms with Gasteiger partial charge in [-0.25, -0.2) is 4.39 Å². The first-order valence-electron chi connectivity index (χ1n) is 5.46. The lowest BCUT2D eigenvalue weighted by Crippen LogP contribution is -2.01. The summed E-state index contributed by atoms with van der Waals surface area (Å²) in [5.41, 5.74) is 1.90. The van der Waals surface area contributed by atoms with Crippen molar-refractivity contribution in [2.24, 2.45) is 0 Å². The summed E-state index contributed by atoms with van der Waals surface area (Å²) < 4.78 is 14.9. The highest BCUT2D eigenvalue weighted by molar-refractivity contribution is 5.93. The number of benzene rings is 1. The van der Waals surface area contributed by atoms with E-state index in [9.17, 15) is 9.18 Å². The second kappa shape index (κ2) is 4.49. The van der Waals surface area contributed by atoms with Crippen molar-refractivity contribution in [3.63, 3.8) is 0 Å². The van der Waals surface area contributed by atoms with E-state index in [1.54, 1.807) is 22.9 Å². The van der Waals surface area contributed by atoms with Gasteiger partial charge < -0.3 is 0 Å². The van der Waals surface area contributed by atoms with Crippen molar-refractivity contribution in [1.82, 2.24) is 9.78 Å². The maximum absolute atomic E-state index is 13.2. The van der Waals surface area contributed by atoms with Gasteiger partial charge in [0.2, 0.25) is 0 Å². The normalized spacial score (nSPS) is 10.5. The van der Waals surface area contributed by atoms with Gasteiger partial charge in [-0.3, -0.25) is 9.48 Å². The summed E-state index contributed by atoms with van der Waals surface area (Å²) in [4.78, 5) is 11.3. The SMILES string of the molecule is CCn1nc(C(C)=O)cc1-c1cccc(F)c1. The van der Waals surface area contributed by atoms with Crippen LogP contribution < -0.4 is 0 Å². The van der Waals surface area contributed by atoms with Gasteiger partial charge in [-0.1, -0.05) is 12.1 Å². The van der Waals surface area contributed by atoms with E-state index in [1.165, 1.54) is 19.1 Å². The van der Waals surface area contributed by atoms with E-state index in [0.29, 0.717) is 12.2 Å². The van der Waals surface area contributed by atoms with Crippen molar-refractivity contribution in [1.29, 1.82) is 0 Å². The molecule has 2 rings (SSSR count). The largest absolute Gasteiger partial charge is 0.293 e. The second-order valence-corrected chi connectivity index (χ2v) is 3.80. The summed E-state index contributed by atoms with van der Waals surface area (Å²) in [5, 5.41) is 4.18. The van der Waals surface area contributed by atoms with E-state index in [0.717, 1.165) is 11.3 Å². The summed E-state index contributed by atoms with van der Waals surface area (Å²) >= 11 is 0. The standard InChI is InChI=1S/C13H13FN2O/c1-3-16-13(8-12(15-16)9(2)17)10-5-4-6-11(14)7-10/h4-8H,3H2,1-2H3. The van der Waals surface area contributed by atoms with E-state index in [-0.39, 0.29) is 11.6 Å². The Balaban J connectivity index is 2.54. The fourth-order valence-electron chi connectivity index (χ4n) is 1.71. The maximum atomic E-state index is 13.2. The van der Waals surface area contributed by atoms with Gasteiger partial charge in [-0.05, 0) is 25.1 Å². The Kier molecular flexibility index (Phi) is 3.04. The quantitative estimate of drug-likeness (QED) is 0.762. The molecule has 88 valence electrons. The Hall–Kier alpha value is -1.97. The molecule has 0 amide bonds. The van der Waals surface area contributed by atoms with E-state index >= 15 is 0 Å². The minimum atomic E-state index is -0.296. The number of nitrogens with zero attached hydrogens (tertiary/aromatic N) is 2. The van der Waals surface area contributed by atoms with Crippen LogP contribution in [0.2, 0.25) is 0 Å². The summed E-state index contributed by atoms with van der Waals surface area (Å²) in [6, 6.07) is 7.97. The summed E-state index contributed by atoms with van der Waals surface area (Å²) in [6.07, 6.45) is 0. The van der Waals surface area contributed by atoms with Gasteiger partial charge >= 0.3 is 0 Å². The Morgan fingerprint density at radius 2 is 2.18 bits per heavy atom. The van der Waals surface area contributed by atoms with Crippen LogP contribution in [0.4, 0.5) is 4.39 Å². The van der Waals surface area contributed by atoms with Crippen molar-refractivity contribution in [3.8, 4) is 11.3 Å². The van der Waals surface area contributed by atoms with Crippen LogP contribution in [0.5, 0.6) is 0 Å². The van der Waals surface area contributed by atoms with Gasteiger partial charge in [0.15, 0.2) is 5.78 Å². The lowest BCUT2D eigenvalue weighted by molar-refractivity contribution is 0.101. The Morgan fingerprint density at radius 3 is 2.76 bits per heavy atom. The number of carbonyl (C=O) groups excluding carboxylic acids is 1. The van der Waals surface area contributed by atoms with Gasteiger partial charge in [0.05, 0.1) is 5.69 Å². The molecule has 0 N–H and O–H groups in total. The molecule has 0 aliphatic heterocycles. The molecule has 0 aliphatic rings. The molecule has 1 aromatic carbocycles. The number of aryl methyl sites for hydroxylation is 1. The zero-order valence-electron chi connectivity index (χ0n) is 9.77. The Labute approximate surface area is 98.9 Å². The van der Waals surface area contributed by atoms with E-state index in [1.807, 2.05) is 6.92 Å². The van der Waals surface area contributed by atoms with Crippen LogP contribution >= 0.6 is 0 Å². The first-order valence-corrected chi connectivity index (χ1v) is 5.46. The molecule has 0 atom stereocenters. The molecule has 3 nitrogen and oxygen atoms in total. The molecule has 0 bridgehead atoms. The summed E-state index contributed by atoms with van der Waals surface area (Å²) in [5.74, 6) is -0.384. The third-order valence-corrected chi connectivity index (χ3v) is 2.56. The molecule has 0 aliphatic carbocycles. The topological polar surface area (TPSA) is 34.9 Å². The molecule has 0 radical (unpaired) electrons. The smallest absolute Gasteiger partial charge is 0.180 e. The molecule has 2 aromatic rings. The van der Waals surface area contributed by atoms with Gasteiger partial charge in [0, 0.05) is 19.0 Å². The summed E-state index contributed by atoms with van der Waals surface area (Å²) in [7, 11) is 0. The first kappa shape index (κ1) is 11.5. The Bertz CT molecular complexity index is 560. The second-order valence-electron chi connectivity index (χ2n) is 3.80. The van der Waals surface area contributed by atoms with Crippen LogP contribution in [0.15, 0.2) is 30.3 Å². The van der Waals surface area contributed by atoms with Crippen LogP contribution in [0, 0.1) is 5.82 Å². The van der Waals surface area contributed by atoms with E-state index < -0.39 is 0 Å². The minimum Gasteiger partial charge on any atom is -0.293 e. The first-order chi connectivity index (χ1) is 8.11. The van der Waals surface area contributed by atoms with Gasteiger partial charge in [-0.15, -0.1) is 0 Å². The average molecular weight is 232 g/mol. The maximum Gasteiger partial charge on any atom is 0.180 e. The molecule has 1 aromatic heterocycles. The number of hydrogen-bond acceptors (Lipinski definition) is 2. The highest BCUT2D eigenvalue weighted by Crippen LogP contribution is 2.21. The number of hydrogen-bond donors (Lipinski definition) is 0. The van der Waals surface area contributed by atoms with Crippen LogP contribution in [-0.2, 0) is 6.54 Å². The third kappa shape index (κ3) is 2.25. The van der Waals surface area contributed by atoms with Crippen LogP contribution in [0.1, 0.15) is 24.3 Å². The van der Waals surface area contributed by atoms with Gasteiger partial charge in [-0.2, -0.15) is 5.10 Å². The van der Waals surface area contributed by atoms with Crippen LogP contribution in [0.3, 0.4) is 0 Å². The fraction of sp³-hybridized carbons (Fsp3) is 0.231. The number of rotatable bonds is 3. The predicted octanol–water partition coefficient (Wildman–Crippen LogP) is 2.91. The fourth-order valence-corrected chi connectivity index (χ4v) is 1.71. The van der Waals surface area contributed by atoms with Crippen molar-refractivity contribution < 1.29 is 9.18 Å². The van der Waals surface area contributed by atoms with Crippen molar-refractivity contribution in [2.75, 3.05) is 0 Å². The molecule has 1 heterocycles.